The zero-order chi connectivity index (χ0) is 24.5. The minimum Gasteiger partial charge on any atom is -0.503 e. The standard InChI is InChI=1S/C26H44O7/c1-5-9-13-17-30-22-20(26(28)29)21(27)23(31-16-12-8-4)25(33-19-15-11-7-3)24(22)32-18-14-10-6-2/h27H,5-19H2,1-4H3,(H,28,29). The fourth-order valence-electron chi connectivity index (χ4n) is 3.28. The maximum absolute atomic E-state index is 12.2. The van der Waals surface area contributed by atoms with Crippen LogP contribution in [0.3, 0.4) is 0 Å². The van der Waals surface area contributed by atoms with E-state index in [9.17, 15) is 15.0 Å². The van der Waals surface area contributed by atoms with E-state index in [1.165, 1.54) is 0 Å². The Morgan fingerprint density at radius 2 is 0.939 bits per heavy atom. The predicted molar refractivity (Wildman–Crippen MR) is 131 cm³/mol. The lowest BCUT2D eigenvalue weighted by Crippen LogP contribution is -2.12. The van der Waals surface area contributed by atoms with Crippen LogP contribution in [0.2, 0.25) is 0 Å². The van der Waals surface area contributed by atoms with Crippen LogP contribution in [-0.2, 0) is 0 Å². The van der Waals surface area contributed by atoms with Gasteiger partial charge in [0.2, 0.25) is 17.2 Å². The molecule has 0 saturated carbocycles. The molecule has 0 aliphatic rings. The maximum atomic E-state index is 12.2. The number of rotatable bonds is 20. The molecule has 0 atom stereocenters. The highest BCUT2D eigenvalue weighted by atomic mass is 16.6. The molecule has 7 heteroatoms. The molecule has 33 heavy (non-hydrogen) atoms. The summed E-state index contributed by atoms with van der Waals surface area (Å²) in [7, 11) is 0. The van der Waals surface area contributed by atoms with Gasteiger partial charge in [0.25, 0.3) is 0 Å². The number of carboxylic acid groups (broad SMARTS) is 1. The van der Waals surface area contributed by atoms with Crippen molar-refractivity contribution in [2.75, 3.05) is 26.4 Å². The topological polar surface area (TPSA) is 94.5 Å². The van der Waals surface area contributed by atoms with Crippen molar-refractivity contribution in [3.05, 3.63) is 5.56 Å². The second kappa shape index (κ2) is 17.2. The fourth-order valence-corrected chi connectivity index (χ4v) is 3.28. The summed E-state index contributed by atoms with van der Waals surface area (Å²) < 4.78 is 23.9. The molecule has 0 unspecified atom stereocenters. The van der Waals surface area contributed by atoms with Gasteiger partial charge in [-0.25, -0.2) is 4.79 Å². The zero-order valence-corrected chi connectivity index (χ0v) is 21.0. The number of benzene rings is 1. The third kappa shape index (κ3) is 9.60. The van der Waals surface area contributed by atoms with Crippen molar-refractivity contribution in [3.63, 3.8) is 0 Å². The number of carbonyl (C=O) groups is 1. The molecule has 0 fully saturated rings. The van der Waals surface area contributed by atoms with Crippen LogP contribution in [0.4, 0.5) is 0 Å². The van der Waals surface area contributed by atoms with Crippen molar-refractivity contribution in [1.82, 2.24) is 0 Å². The molecule has 0 amide bonds. The monoisotopic (exact) mass is 468 g/mol. The molecule has 190 valence electrons. The van der Waals surface area contributed by atoms with Gasteiger partial charge in [0.15, 0.2) is 17.1 Å². The van der Waals surface area contributed by atoms with Gasteiger partial charge in [0.05, 0.1) is 26.4 Å². The normalized spacial score (nSPS) is 10.8. The number of aromatic carboxylic acids is 1. The molecule has 0 aliphatic heterocycles. The molecular weight excluding hydrogens is 424 g/mol. The van der Waals surface area contributed by atoms with Crippen LogP contribution in [0.1, 0.15) is 109 Å². The Balaban J connectivity index is 3.49. The highest BCUT2D eigenvalue weighted by Crippen LogP contribution is 2.53. The number of carboxylic acids is 1. The number of ether oxygens (including phenoxy) is 4. The van der Waals surface area contributed by atoms with E-state index in [1.807, 2.05) is 6.92 Å². The number of hydrogen-bond donors (Lipinski definition) is 2. The van der Waals surface area contributed by atoms with Gasteiger partial charge in [0.1, 0.15) is 0 Å². The lowest BCUT2D eigenvalue weighted by atomic mass is 10.1. The van der Waals surface area contributed by atoms with E-state index in [4.69, 9.17) is 18.9 Å². The lowest BCUT2D eigenvalue weighted by Gasteiger charge is -2.23. The van der Waals surface area contributed by atoms with Crippen molar-refractivity contribution < 1.29 is 34.0 Å². The predicted octanol–water partition coefficient (Wildman–Crippen LogP) is 6.98. The van der Waals surface area contributed by atoms with Crippen molar-refractivity contribution in [1.29, 1.82) is 0 Å². The summed E-state index contributed by atoms with van der Waals surface area (Å²) in [6, 6.07) is 0. The van der Waals surface area contributed by atoms with Crippen LogP contribution < -0.4 is 18.9 Å². The Morgan fingerprint density at radius 3 is 1.36 bits per heavy atom. The van der Waals surface area contributed by atoms with Gasteiger partial charge in [-0.2, -0.15) is 0 Å². The van der Waals surface area contributed by atoms with E-state index in [-0.39, 0.29) is 28.6 Å². The Hall–Kier alpha value is -2.31. The molecule has 0 bridgehead atoms. The van der Waals surface area contributed by atoms with Gasteiger partial charge < -0.3 is 29.2 Å². The van der Waals surface area contributed by atoms with E-state index in [0.29, 0.717) is 26.4 Å². The van der Waals surface area contributed by atoms with E-state index in [1.54, 1.807) is 0 Å². The molecule has 0 spiro atoms. The van der Waals surface area contributed by atoms with Gasteiger partial charge in [-0.3, -0.25) is 0 Å². The summed E-state index contributed by atoms with van der Waals surface area (Å²) in [5, 5.41) is 20.9. The van der Waals surface area contributed by atoms with Crippen LogP contribution >= 0.6 is 0 Å². The Kier molecular flexibility index (Phi) is 15.0. The fraction of sp³-hybridized carbons (Fsp3) is 0.731. The molecule has 1 aromatic rings. The van der Waals surface area contributed by atoms with E-state index in [0.717, 1.165) is 70.6 Å². The molecule has 0 saturated heterocycles. The minimum atomic E-state index is -1.30. The molecule has 0 radical (unpaired) electrons. The first-order valence-corrected chi connectivity index (χ1v) is 12.7. The largest absolute Gasteiger partial charge is 0.503 e. The van der Waals surface area contributed by atoms with Gasteiger partial charge >= 0.3 is 5.97 Å². The van der Waals surface area contributed by atoms with E-state index >= 15 is 0 Å². The average molecular weight is 469 g/mol. The summed E-state index contributed by atoms with van der Waals surface area (Å²) in [6.07, 6.45) is 10.1. The minimum absolute atomic E-state index is 0.0148. The highest BCUT2D eigenvalue weighted by Gasteiger charge is 2.32. The summed E-state index contributed by atoms with van der Waals surface area (Å²) in [5.74, 6) is -1.30. The molecule has 1 aromatic carbocycles. The van der Waals surface area contributed by atoms with Crippen molar-refractivity contribution in [2.45, 2.75) is 98.3 Å². The van der Waals surface area contributed by atoms with Gasteiger partial charge in [-0.05, 0) is 25.7 Å². The van der Waals surface area contributed by atoms with Crippen LogP contribution in [0.15, 0.2) is 0 Å². The first-order valence-electron chi connectivity index (χ1n) is 12.7. The zero-order valence-electron chi connectivity index (χ0n) is 21.0. The van der Waals surface area contributed by atoms with Crippen LogP contribution in [0.25, 0.3) is 0 Å². The van der Waals surface area contributed by atoms with E-state index < -0.39 is 11.7 Å². The summed E-state index contributed by atoms with van der Waals surface area (Å²) in [5.41, 5.74) is -0.343. The lowest BCUT2D eigenvalue weighted by molar-refractivity contribution is 0.0685. The first kappa shape index (κ1) is 28.7. The van der Waals surface area contributed by atoms with Crippen LogP contribution in [0, 0.1) is 0 Å². The summed E-state index contributed by atoms with van der Waals surface area (Å²) >= 11 is 0. The highest BCUT2D eigenvalue weighted by molar-refractivity contribution is 5.97. The summed E-state index contributed by atoms with van der Waals surface area (Å²) in [4.78, 5) is 12.2. The molecular formula is C26H44O7. The van der Waals surface area contributed by atoms with Gasteiger partial charge in [-0.1, -0.05) is 72.6 Å². The number of hydrogen-bond acceptors (Lipinski definition) is 6. The SMILES string of the molecule is CCCCCOc1c(OCCCC)c(O)c(C(=O)O)c(OCCCCC)c1OCCCCC. The average Bonchev–Trinajstić information content (AvgIpc) is 2.79. The Labute approximate surface area is 199 Å². The second-order valence-electron chi connectivity index (χ2n) is 8.21. The van der Waals surface area contributed by atoms with Crippen molar-refractivity contribution in [3.8, 4) is 28.7 Å². The van der Waals surface area contributed by atoms with Gasteiger partial charge in [-0.15, -0.1) is 0 Å². The third-order valence-corrected chi connectivity index (χ3v) is 5.24. The third-order valence-electron chi connectivity index (χ3n) is 5.24. The summed E-state index contributed by atoms with van der Waals surface area (Å²) in [6.45, 7) is 9.79. The maximum Gasteiger partial charge on any atom is 0.343 e. The molecule has 0 heterocycles. The van der Waals surface area contributed by atoms with Crippen LogP contribution in [0.5, 0.6) is 28.7 Å². The Morgan fingerprint density at radius 1 is 0.576 bits per heavy atom. The quantitative estimate of drug-likeness (QED) is 0.199. The molecule has 0 aromatic heterocycles. The Bertz CT molecular complexity index is 688. The molecule has 7 nitrogen and oxygen atoms in total. The van der Waals surface area contributed by atoms with Crippen molar-refractivity contribution in [2.24, 2.45) is 0 Å². The smallest absolute Gasteiger partial charge is 0.343 e. The number of aromatic hydroxyl groups is 1. The first-order chi connectivity index (χ1) is 16.0. The number of unbranched alkanes of at least 4 members (excludes halogenated alkanes) is 7. The molecule has 0 aliphatic carbocycles. The van der Waals surface area contributed by atoms with E-state index in [2.05, 4.69) is 20.8 Å². The van der Waals surface area contributed by atoms with Crippen LogP contribution in [-0.4, -0.2) is 42.6 Å². The molecule has 1 rings (SSSR count). The van der Waals surface area contributed by atoms with Gasteiger partial charge in [0, 0.05) is 0 Å². The van der Waals surface area contributed by atoms with Crippen molar-refractivity contribution >= 4 is 5.97 Å². The second-order valence-corrected chi connectivity index (χ2v) is 8.21. The molecule has 2 N–H and O–H groups in total. The number of phenols is 1.